The van der Waals surface area contributed by atoms with Gasteiger partial charge in [0, 0.05) is 36.5 Å². The highest BCUT2D eigenvalue weighted by molar-refractivity contribution is 7.99. The zero-order chi connectivity index (χ0) is 14.2. The molecule has 20 heavy (non-hydrogen) atoms. The maximum absolute atomic E-state index is 4.37. The lowest BCUT2D eigenvalue weighted by Gasteiger charge is -2.35. The summed E-state index contributed by atoms with van der Waals surface area (Å²) < 4.78 is 2.11. The summed E-state index contributed by atoms with van der Waals surface area (Å²) in [5.41, 5.74) is 1.20. The molecule has 112 valence electrons. The third kappa shape index (κ3) is 3.03. The molecular formula is C15H26N4S. The average Bonchev–Trinajstić information content (AvgIpc) is 3.10. The van der Waals surface area contributed by atoms with Crippen LogP contribution in [0.15, 0.2) is 6.20 Å². The van der Waals surface area contributed by atoms with Gasteiger partial charge in [-0.15, -0.1) is 5.10 Å². The second-order valence-electron chi connectivity index (χ2n) is 7.12. The van der Waals surface area contributed by atoms with Crippen LogP contribution in [0.2, 0.25) is 0 Å². The predicted octanol–water partition coefficient (Wildman–Crippen LogP) is 2.72. The van der Waals surface area contributed by atoms with E-state index in [2.05, 4.69) is 58.6 Å². The van der Waals surface area contributed by atoms with Crippen LogP contribution in [0.1, 0.15) is 51.8 Å². The van der Waals surface area contributed by atoms with E-state index >= 15 is 0 Å². The summed E-state index contributed by atoms with van der Waals surface area (Å²) in [7, 11) is 0. The first-order chi connectivity index (χ1) is 9.54. The molecule has 0 aliphatic carbocycles. The number of piperidine rings is 1. The lowest BCUT2D eigenvalue weighted by molar-refractivity contribution is 0.141. The van der Waals surface area contributed by atoms with E-state index in [0.29, 0.717) is 6.04 Å². The van der Waals surface area contributed by atoms with Crippen molar-refractivity contribution in [1.82, 2.24) is 19.9 Å². The molecule has 0 unspecified atom stereocenters. The smallest absolute Gasteiger partial charge is 0.0880 e. The second kappa shape index (κ2) is 5.68. The average molecular weight is 294 g/mol. The van der Waals surface area contributed by atoms with Crippen molar-refractivity contribution in [1.29, 1.82) is 0 Å². The standard InChI is InChI=1S/C15H26N4S/c1-15(2,3)14-10-19(17-16-14)12-4-7-18(8-5-12)13-6-9-20-11-13/h10,12-13H,4-9,11H2,1-3H3/t13-/m1/s1. The number of rotatable bonds is 2. The van der Waals surface area contributed by atoms with E-state index in [1.807, 2.05) is 0 Å². The Hall–Kier alpha value is -0.550. The highest BCUT2D eigenvalue weighted by Crippen LogP contribution is 2.29. The summed E-state index contributed by atoms with van der Waals surface area (Å²) in [6, 6.07) is 1.38. The van der Waals surface area contributed by atoms with Crippen LogP contribution in [0.3, 0.4) is 0 Å². The molecule has 1 atom stereocenters. The number of likely N-dealkylation sites (tertiary alicyclic amines) is 1. The minimum absolute atomic E-state index is 0.0972. The lowest BCUT2D eigenvalue weighted by Crippen LogP contribution is -2.42. The van der Waals surface area contributed by atoms with E-state index in [1.54, 1.807) is 0 Å². The summed E-state index contributed by atoms with van der Waals surface area (Å²) in [4.78, 5) is 2.69. The van der Waals surface area contributed by atoms with Crippen LogP contribution >= 0.6 is 11.8 Å². The minimum Gasteiger partial charge on any atom is -0.299 e. The molecule has 4 nitrogen and oxygen atoms in total. The Morgan fingerprint density at radius 1 is 1.15 bits per heavy atom. The Labute approximate surface area is 126 Å². The summed E-state index contributed by atoms with van der Waals surface area (Å²) in [5, 5.41) is 8.73. The fourth-order valence-corrected chi connectivity index (χ4v) is 4.38. The summed E-state index contributed by atoms with van der Waals surface area (Å²) in [5.74, 6) is 2.69. The fraction of sp³-hybridized carbons (Fsp3) is 0.867. The Bertz CT molecular complexity index is 437. The van der Waals surface area contributed by atoms with E-state index in [0.717, 1.165) is 11.7 Å². The Morgan fingerprint density at radius 3 is 2.45 bits per heavy atom. The van der Waals surface area contributed by atoms with Crippen molar-refractivity contribution in [2.24, 2.45) is 0 Å². The zero-order valence-electron chi connectivity index (χ0n) is 12.9. The summed E-state index contributed by atoms with van der Waals surface area (Å²) in [6.45, 7) is 9.03. The normalized spacial score (nSPS) is 26.2. The van der Waals surface area contributed by atoms with Crippen LogP contribution in [0.5, 0.6) is 0 Å². The van der Waals surface area contributed by atoms with Crippen LogP contribution in [0, 0.1) is 0 Å². The van der Waals surface area contributed by atoms with Gasteiger partial charge in [-0.25, -0.2) is 4.68 Å². The van der Waals surface area contributed by atoms with Gasteiger partial charge in [-0.1, -0.05) is 26.0 Å². The third-order valence-electron chi connectivity index (χ3n) is 4.57. The number of thioether (sulfide) groups is 1. The van der Waals surface area contributed by atoms with Gasteiger partial charge in [0.15, 0.2) is 0 Å². The molecule has 5 heteroatoms. The van der Waals surface area contributed by atoms with E-state index < -0.39 is 0 Å². The van der Waals surface area contributed by atoms with Gasteiger partial charge in [-0.2, -0.15) is 11.8 Å². The van der Waals surface area contributed by atoms with Crippen molar-refractivity contribution in [2.75, 3.05) is 24.6 Å². The van der Waals surface area contributed by atoms with Gasteiger partial charge >= 0.3 is 0 Å². The van der Waals surface area contributed by atoms with Crippen molar-refractivity contribution in [3.63, 3.8) is 0 Å². The molecule has 1 aromatic rings. The maximum atomic E-state index is 4.37. The topological polar surface area (TPSA) is 34.0 Å². The van der Waals surface area contributed by atoms with E-state index in [9.17, 15) is 0 Å². The molecule has 0 saturated carbocycles. The molecule has 0 spiro atoms. The summed E-state index contributed by atoms with van der Waals surface area (Å²) >= 11 is 2.11. The molecule has 3 rings (SSSR count). The minimum atomic E-state index is 0.0972. The molecule has 0 bridgehead atoms. The van der Waals surface area contributed by atoms with Crippen molar-refractivity contribution in [2.45, 2.75) is 57.5 Å². The molecular weight excluding hydrogens is 268 g/mol. The fourth-order valence-electron chi connectivity index (χ4n) is 3.12. The monoisotopic (exact) mass is 294 g/mol. The summed E-state index contributed by atoms with van der Waals surface area (Å²) in [6.07, 6.45) is 5.97. The quantitative estimate of drug-likeness (QED) is 0.840. The van der Waals surface area contributed by atoms with Gasteiger partial charge in [0.1, 0.15) is 0 Å². The largest absolute Gasteiger partial charge is 0.299 e. The number of hydrogen-bond donors (Lipinski definition) is 0. The van der Waals surface area contributed by atoms with Crippen LogP contribution in [0.25, 0.3) is 0 Å². The van der Waals surface area contributed by atoms with E-state index in [1.165, 1.54) is 43.9 Å². The highest BCUT2D eigenvalue weighted by Gasteiger charge is 2.29. The number of hydrogen-bond acceptors (Lipinski definition) is 4. The first-order valence-corrected chi connectivity index (χ1v) is 8.93. The molecule has 0 N–H and O–H groups in total. The maximum Gasteiger partial charge on any atom is 0.0880 e. The first-order valence-electron chi connectivity index (χ1n) is 7.78. The molecule has 0 amide bonds. The SMILES string of the molecule is CC(C)(C)c1cn(C2CCN([C@@H]3CCSC3)CC2)nn1. The molecule has 2 aliphatic heterocycles. The Morgan fingerprint density at radius 2 is 1.90 bits per heavy atom. The van der Waals surface area contributed by atoms with Gasteiger partial charge in [0.2, 0.25) is 0 Å². The molecule has 2 saturated heterocycles. The van der Waals surface area contributed by atoms with Crippen molar-refractivity contribution in [3.05, 3.63) is 11.9 Å². The Kier molecular flexibility index (Phi) is 4.09. The van der Waals surface area contributed by atoms with Crippen LogP contribution in [-0.4, -0.2) is 50.5 Å². The first kappa shape index (κ1) is 14.4. The van der Waals surface area contributed by atoms with Crippen molar-refractivity contribution < 1.29 is 0 Å². The molecule has 3 heterocycles. The third-order valence-corrected chi connectivity index (χ3v) is 5.72. The predicted molar refractivity (Wildman–Crippen MR) is 84.3 cm³/mol. The second-order valence-corrected chi connectivity index (χ2v) is 8.27. The lowest BCUT2D eigenvalue weighted by atomic mass is 9.93. The van der Waals surface area contributed by atoms with Gasteiger partial charge in [0.25, 0.3) is 0 Å². The molecule has 1 aromatic heterocycles. The molecule has 0 radical (unpaired) electrons. The van der Waals surface area contributed by atoms with Crippen molar-refractivity contribution in [3.8, 4) is 0 Å². The Balaban J connectivity index is 1.59. The van der Waals surface area contributed by atoms with E-state index in [4.69, 9.17) is 0 Å². The molecule has 2 aliphatic rings. The van der Waals surface area contributed by atoms with Crippen LogP contribution in [-0.2, 0) is 5.41 Å². The van der Waals surface area contributed by atoms with Gasteiger partial charge in [-0.3, -0.25) is 4.90 Å². The number of nitrogens with zero attached hydrogens (tertiary/aromatic N) is 4. The van der Waals surface area contributed by atoms with Crippen LogP contribution in [0.4, 0.5) is 0 Å². The van der Waals surface area contributed by atoms with Gasteiger partial charge < -0.3 is 0 Å². The van der Waals surface area contributed by atoms with Gasteiger partial charge in [-0.05, 0) is 25.0 Å². The van der Waals surface area contributed by atoms with Crippen LogP contribution < -0.4 is 0 Å². The van der Waals surface area contributed by atoms with E-state index in [-0.39, 0.29) is 5.41 Å². The highest BCUT2D eigenvalue weighted by atomic mass is 32.2. The molecule has 0 aromatic carbocycles. The van der Waals surface area contributed by atoms with Crippen molar-refractivity contribution >= 4 is 11.8 Å². The van der Waals surface area contributed by atoms with Gasteiger partial charge in [0.05, 0.1) is 11.7 Å². The molecule has 2 fully saturated rings. The zero-order valence-corrected chi connectivity index (χ0v) is 13.7. The number of aromatic nitrogens is 3.